The molecule has 2 aromatic carbocycles. The van der Waals surface area contributed by atoms with Gasteiger partial charge in [-0.15, -0.1) is 0 Å². The molecule has 1 saturated heterocycles. The maximum Gasteiger partial charge on any atom is 0.407 e. The number of hydrogen-bond donors (Lipinski definition) is 1. The van der Waals surface area contributed by atoms with E-state index in [0.717, 1.165) is 24.8 Å². The summed E-state index contributed by atoms with van der Waals surface area (Å²) in [6.45, 7) is 0.615. The van der Waals surface area contributed by atoms with Gasteiger partial charge in [0.05, 0.1) is 7.11 Å². The van der Waals surface area contributed by atoms with E-state index in [1.54, 1.807) is 7.11 Å². The predicted molar refractivity (Wildman–Crippen MR) is 93.1 cm³/mol. The fraction of sp³-hybridized carbons (Fsp3) is 0.350. The molecule has 1 heterocycles. The van der Waals surface area contributed by atoms with Crippen molar-refractivity contribution in [2.45, 2.75) is 31.5 Å². The Morgan fingerprint density at radius 2 is 1.84 bits per heavy atom. The van der Waals surface area contributed by atoms with Gasteiger partial charge in [-0.2, -0.15) is 0 Å². The molecule has 0 spiro atoms. The summed E-state index contributed by atoms with van der Waals surface area (Å²) in [6.07, 6.45) is 2.00. The first kappa shape index (κ1) is 15.8. The van der Waals surface area contributed by atoms with Crippen LogP contribution in [0.3, 0.4) is 0 Å². The van der Waals surface area contributed by atoms with E-state index in [9.17, 15) is 4.79 Å². The van der Waals surface area contributed by atoms with Crippen LogP contribution in [0.2, 0.25) is 0 Å². The van der Waals surface area contributed by atoms with E-state index in [2.05, 4.69) is 29.6 Å². The maximum absolute atomic E-state index is 11.5. The summed E-state index contributed by atoms with van der Waals surface area (Å²) in [5.74, 6) is 1.40. The van der Waals surface area contributed by atoms with Crippen LogP contribution in [-0.4, -0.2) is 25.9 Å². The van der Waals surface area contributed by atoms with Gasteiger partial charge in [0.2, 0.25) is 0 Å². The Kier molecular flexibility index (Phi) is 4.22. The number of cyclic esters (lactones) is 1. The number of amides is 1. The van der Waals surface area contributed by atoms with Gasteiger partial charge in [0, 0.05) is 25.8 Å². The Bertz CT molecular complexity index is 764. The largest absolute Gasteiger partial charge is 0.493 e. The molecule has 1 N–H and O–H groups in total. The smallest absolute Gasteiger partial charge is 0.407 e. The predicted octanol–water partition coefficient (Wildman–Crippen LogP) is 3.41. The third kappa shape index (κ3) is 3.27. The molecule has 5 nitrogen and oxygen atoms in total. The van der Waals surface area contributed by atoms with Crippen LogP contribution >= 0.6 is 0 Å². The lowest BCUT2D eigenvalue weighted by Gasteiger charge is -2.24. The number of ether oxygens (including phenoxy) is 3. The summed E-state index contributed by atoms with van der Waals surface area (Å²) >= 11 is 0. The highest BCUT2D eigenvalue weighted by Crippen LogP contribution is 2.35. The zero-order chi connectivity index (χ0) is 17.2. The van der Waals surface area contributed by atoms with Crippen LogP contribution in [0.25, 0.3) is 0 Å². The number of benzene rings is 2. The van der Waals surface area contributed by atoms with E-state index in [-0.39, 0.29) is 18.3 Å². The van der Waals surface area contributed by atoms with Crippen molar-refractivity contribution in [1.82, 2.24) is 5.32 Å². The summed E-state index contributed by atoms with van der Waals surface area (Å²) in [7, 11) is 1.63. The molecule has 1 fully saturated rings. The van der Waals surface area contributed by atoms with Gasteiger partial charge in [0.25, 0.3) is 0 Å². The van der Waals surface area contributed by atoms with Crippen LogP contribution in [0.15, 0.2) is 42.5 Å². The molecule has 0 radical (unpaired) electrons. The summed E-state index contributed by atoms with van der Waals surface area (Å²) in [5, 5.41) is 2.67. The molecule has 0 saturated carbocycles. The molecular formula is C20H21NO4. The van der Waals surface area contributed by atoms with Gasteiger partial charge in [-0.05, 0) is 28.8 Å². The minimum absolute atomic E-state index is 0.0946. The summed E-state index contributed by atoms with van der Waals surface area (Å²) in [4.78, 5) is 11.5. The monoisotopic (exact) mass is 339 g/mol. The fourth-order valence-electron chi connectivity index (χ4n) is 3.54. The lowest BCUT2D eigenvalue weighted by atomic mass is 10.0. The summed E-state index contributed by atoms with van der Waals surface area (Å²) in [5.41, 5.74) is 3.62. The molecule has 1 atom stereocenters. The highest BCUT2D eigenvalue weighted by Gasteiger charge is 2.26. The van der Waals surface area contributed by atoms with E-state index in [1.807, 2.05) is 18.2 Å². The van der Waals surface area contributed by atoms with Crippen molar-refractivity contribution in [1.29, 1.82) is 0 Å². The van der Waals surface area contributed by atoms with Crippen molar-refractivity contribution in [2.24, 2.45) is 0 Å². The van der Waals surface area contributed by atoms with E-state index in [4.69, 9.17) is 14.2 Å². The Morgan fingerprint density at radius 1 is 1.08 bits per heavy atom. The molecule has 5 heteroatoms. The van der Waals surface area contributed by atoms with Crippen molar-refractivity contribution < 1.29 is 19.0 Å². The molecule has 2 aromatic rings. The van der Waals surface area contributed by atoms with Gasteiger partial charge >= 0.3 is 6.09 Å². The highest BCUT2D eigenvalue weighted by molar-refractivity contribution is 5.68. The van der Waals surface area contributed by atoms with E-state index in [1.165, 1.54) is 11.1 Å². The lowest BCUT2D eigenvalue weighted by molar-refractivity contribution is 0.0735. The minimum Gasteiger partial charge on any atom is -0.493 e. The molecule has 130 valence electrons. The number of hydrogen-bond acceptors (Lipinski definition) is 4. The second kappa shape index (κ2) is 6.67. The van der Waals surface area contributed by atoms with Crippen molar-refractivity contribution in [3.05, 3.63) is 59.2 Å². The Morgan fingerprint density at radius 3 is 2.52 bits per heavy atom. The van der Waals surface area contributed by atoms with Crippen molar-refractivity contribution in [3.63, 3.8) is 0 Å². The molecule has 2 aliphatic rings. The van der Waals surface area contributed by atoms with Crippen LogP contribution in [0, 0.1) is 0 Å². The lowest BCUT2D eigenvalue weighted by Crippen LogP contribution is -2.33. The third-order valence-corrected chi connectivity index (χ3v) is 4.79. The number of alkyl carbamates (subject to hydrolysis) is 1. The Labute approximate surface area is 146 Å². The SMILES string of the molecule is COc1ccc(C2CCNC(=O)O2)cc1OC1Cc2ccccc2C1. The Balaban J connectivity index is 1.54. The van der Waals surface area contributed by atoms with Crippen LogP contribution in [-0.2, 0) is 17.6 Å². The van der Waals surface area contributed by atoms with Gasteiger partial charge in [-0.3, -0.25) is 0 Å². The number of methoxy groups -OCH3 is 1. The van der Waals surface area contributed by atoms with Gasteiger partial charge < -0.3 is 19.5 Å². The van der Waals surface area contributed by atoms with E-state index < -0.39 is 0 Å². The maximum atomic E-state index is 11.5. The number of nitrogens with one attached hydrogen (secondary N) is 1. The number of carbonyl (C=O) groups is 1. The highest BCUT2D eigenvalue weighted by atomic mass is 16.6. The van der Waals surface area contributed by atoms with Crippen LogP contribution in [0.4, 0.5) is 4.79 Å². The molecule has 1 unspecified atom stereocenters. The van der Waals surface area contributed by atoms with Crippen LogP contribution in [0.1, 0.15) is 29.2 Å². The first-order chi connectivity index (χ1) is 12.2. The molecule has 0 bridgehead atoms. The first-order valence-electron chi connectivity index (χ1n) is 8.59. The van der Waals surface area contributed by atoms with Crippen LogP contribution < -0.4 is 14.8 Å². The zero-order valence-electron chi connectivity index (χ0n) is 14.2. The van der Waals surface area contributed by atoms with Crippen molar-refractivity contribution in [3.8, 4) is 11.5 Å². The first-order valence-corrected chi connectivity index (χ1v) is 8.59. The van der Waals surface area contributed by atoms with Crippen molar-refractivity contribution in [2.75, 3.05) is 13.7 Å². The zero-order valence-corrected chi connectivity index (χ0v) is 14.2. The Hall–Kier alpha value is -2.69. The standard InChI is InChI=1S/C20H21NO4/c1-23-18-7-6-15(17-8-9-21-20(22)25-17)12-19(18)24-16-10-13-4-2-3-5-14(13)11-16/h2-7,12,16-17H,8-11H2,1H3,(H,21,22). The minimum atomic E-state index is -0.374. The van der Waals surface area contributed by atoms with Crippen LogP contribution in [0.5, 0.6) is 11.5 Å². The van der Waals surface area contributed by atoms with E-state index in [0.29, 0.717) is 18.0 Å². The quantitative estimate of drug-likeness (QED) is 0.927. The van der Waals surface area contributed by atoms with Gasteiger partial charge in [0.15, 0.2) is 11.5 Å². The molecule has 4 rings (SSSR count). The van der Waals surface area contributed by atoms with E-state index >= 15 is 0 Å². The average Bonchev–Trinajstić information content (AvgIpc) is 3.04. The van der Waals surface area contributed by atoms with Crippen molar-refractivity contribution >= 4 is 6.09 Å². The second-order valence-corrected chi connectivity index (χ2v) is 6.44. The molecular weight excluding hydrogens is 318 g/mol. The number of fused-ring (bicyclic) bond motifs is 1. The fourth-order valence-corrected chi connectivity index (χ4v) is 3.54. The molecule has 25 heavy (non-hydrogen) atoms. The molecule has 1 aliphatic heterocycles. The van der Waals surface area contributed by atoms with Gasteiger partial charge in [-0.25, -0.2) is 4.79 Å². The normalized spacial score (nSPS) is 19.7. The number of rotatable bonds is 4. The van der Waals surface area contributed by atoms with Gasteiger partial charge in [-0.1, -0.05) is 30.3 Å². The number of carbonyl (C=O) groups excluding carboxylic acids is 1. The molecule has 0 aromatic heterocycles. The summed E-state index contributed by atoms with van der Waals surface area (Å²) < 4.78 is 17.1. The topological polar surface area (TPSA) is 56.8 Å². The average molecular weight is 339 g/mol. The second-order valence-electron chi connectivity index (χ2n) is 6.44. The molecule has 1 amide bonds. The summed E-state index contributed by atoms with van der Waals surface area (Å²) in [6, 6.07) is 14.2. The third-order valence-electron chi connectivity index (χ3n) is 4.79. The van der Waals surface area contributed by atoms with Gasteiger partial charge in [0.1, 0.15) is 12.2 Å². The molecule has 1 aliphatic carbocycles.